The molecule has 1 unspecified atom stereocenters. The summed E-state index contributed by atoms with van der Waals surface area (Å²) >= 11 is 0. The predicted octanol–water partition coefficient (Wildman–Crippen LogP) is 4.41. The number of nitrogens with zero attached hydrogens (tertiary/aromatic N) is 5. The van der Waals surface area contributed by atoms with Crippen LogP contribution in [0.3, 0.4) is 0 Å². The number of anilines is 1. The summed E-state index contributed by atoms with van der Waals surface area (Å²) in [5.74, 6) is 0.530. The molecule has 0 spiro atoms. The first kappa shape index (κ1) is 25.7. The second-order valence-electron chi connectivity index (χ2n) is 10.4. The Morgan fingerprint density at radius 1 is 1.08 bits per heavy atom. The van der Waals surface area contributed by atoms with Crippen molar-refractivity contribution in [3.8, 4) is 5.69 Å². The highest BCUT2D eigenvalue weighted by atomic mass is 16.2. The Hall–Kier alpha value is -3.91. The van der Waals surface area contributed by atoms with E-state index in [1.807, 2.05) is 37.5 Å². The summed E-state index contributed by atoms with van der Waals surface area (Å²) in [6, 6.07) is 15.9. The Kier molecular flexibility index (Phi) is 7.08. The highest BCUT2D eigenvalue weighted by molar-refractivity contribution is 5.93. The van der Waals surface area contributed by atoms with Crippen molar-refractivity contribution < 1.29 is 4.79 Å². The molecule has 1 aliphatic heterocycles. The maximum Gasteiger partial charge on any atom is 0.257 e. The highest BCUT2D eigenvalue weighted by Crippen LogP contribution is 2.34. The van der Waals surface area contributed by atoms with Gasteiger partial charge in [0.2, 0.25) is 0 Å². The summed E-state index contributed by atoms with van der Waals surface area (Å²) in [7, 11) is 7.42. The smallest absolute Gasteiger partial charge is 0.257 e. The average Bonchev–Trinajstić information content (AvgIpc) is 3.28. The van der Waals surface area contributed by atoms with Gasteiger partial charge in [0.25, 0.3) is 11.5 Å². The van der Waals surface area contributed by atoms with Crippen LogP contribution in [0.15, 0.2) is 65.7 Å². The van der Waals surface area contributed by atoms with Crippen molar-refractivity contribution in [2.24, 2.45) is 7.05 Å². The molecule has 198 valence electrons. The number of carbonyl (C=O) groups is 1. The van der Waals surface area contributed by atoms with Crippen LogP contribution >= 0.6 is 0 Å². The molecule has 1 aliphatic rings. The van der Waals surface area contributed by atoms with Crippen molar-refractivity contribution in [2.75, 3.05) is 39.5 Å². The number of nitrogens with one attached hydrogen (secondary N) is 1. The molecule has 3 aromatic heterocycles. The van der Waals surface area contributed by atoms with E-state index in [-0.39, 0.29) is 17.5 Å². The number of hydrogen-bond acceptors (Lipinski definition) is 5. The summed E-state index contributed by atoms with van der Waals surface area (Å²) in [5.41, 5.74) is 5.64. The quantitative estimate of drug-likeness (QED) is 0.414. The summed E-state index contributed by atoms with van der Waals surface area (Å²) in [6.45, 7) is 4.25. The largest absolute Gasteiger partial charge is 0.388 e. The van der Waals surface area contributed by atoms with Gasteiger partial charge in [0.1, 0.15) is 5.65 Å². The van der Waals surface area contributed by atoms with E-state index >= 15 is 0 Å². The Morgan fingerprint density at radius 2 is 1.79 bits per heavy atom. The van der Waals surface area contributed by atoms with Crippen LogP contribution in [0.4, 0.5) is 5.69 Å². The molecule has 1 N–H and O–H groups in total. The molecule has 5 rings (SSSR count). The van der Waals surface area contributed by atoms with E-state index in [2.05, 4.69) is 51.9 Å². The highest BCUT2D eigenvalue weighted by Gasteiger charge is 2.27. The van der Waals surface area contributed by atoms with Gasteiger partial charge in [-0.3, -0.25) is 19.1 Å². The molecule has 38 heavy (non-hydrogen) atoms. The van der Waals surface area contributed by atoms with Crippen LogP contribution in [0.25, 0.3) is 16.7 Å². The molecule has 1 atom stereocenters. The molecule has 1 saturated heterocycles. The average molecular weight is 513 g/mol. The molecular weight excluding hydrogens is 476 g/mol. The summed E-state index contributed by atoms with van der Waals surface area (Å²) in [4.78, 5) is 33.8. The van der Waals surface area contributed by atoms with Crippen LogP contribution < -0.4 is 10.9 Å². The number of pyridine rings is 2. The van der Waals surface area contributed by atoms with Crippen LogP contribution in [0.2, 0.25) is 0 Å². The van der Waals surface area contributed by atoms with E-state index in [0.29, 0.717) is 5.92 Å². The Morgan fingerprint density at radius 3 is 2.42 bits per heavy atom. The first-order valence-corrected chi connectivity index (χ1v) is 13.2. The van der Waals surface area contributed by atoms with Crippen LogP contribution in [0, 0.1) is 0 Å². The second-order valence-corrected chi connectivity index (χ2v) is 10.4. The maximum atomic E-state index is 12.8. The van der Waals surface area contributed by atoms with Crippen molar-refractivity contribution >= 4 is 22.6 Å². The molecular formula is C30H36N6O2. The standard InChI is InChI=1S/C30H36N6O2/c1-20(35-15-11-22(12-16-35)21-6-8-23(9-7-21)30(38)33(3)4)27-19-25-26(10-14-32-29(25)34(27)5)36-17-13-24(31-2)18-28(36)37/h6-10,13-14,17-20,22,31H,11-12,15-16H2,1-5H3. The van der Waals surface area contributed by atoms with Gasteiger partial charge in [0.15, 0.2) is 0 Å². The van der Waals surface area contributed by atoms with Gasteiger partial charge in [-0.15, -0.1) is 0 Å². The second kappa shape index (κ2) is 10.5. The molecule has 0 saturated carbocycles. The number of carbonyl (C=O) groups excluding carboxylic acids is 1. The zero-order chi connectivity index (χ0) is 27.0. The third kappa shape index (κ3) is 4.72. The first-order valence-electron chi connectivity index (χ1n) is 13.2. The van der Waals surface area contributed by atoms with Gasteiger partial charge in [-0.25, -0.2) is 4.98 Å². The van der Waals surface area contributed by atoms with E-state index in [0.717, 1.165) is 53.9 Å². The van der Waals surface area contributed by atoms with Crippen LogP contribution in [-0.4, -0.2) is 64.1 Å². The van der Waals surface area contributed by atoms with Gasteiger partial charge in [0, 0.05) is 75.0 Å². The fraction of sp³-hybridized carbons (Fsp3) is 0.367. The van der Waals surface area contributed by atoms with E-state index in [9.17, 15) is 9.59 Å². The first-order chi connectivity index (χ1) is 18.3. The molecule has 1 amide bonds. The predicted molar refractivity (Wildman–Crippen MR) is 152 cm³/mol. The molecule has 8 nitrogen and oxygen atoms in total. The Labute approximate surface area is 223 Å². The fourth-order valence-electron chi connectivity index (χ4n) is 5.63. The topological polar surface area (TPSA) is 75.4 Å². The zero-order valence-corrected chi connectivity index (χ0v) is 22.8. The molecule has 4 heterocycles. The van der Waals surface area contributed by atoms with E-state index < -0.39 is 0 Å². The summed E-state index contributed by atoms with van der Waals surface area (Å²) < 4.78 is 3.84. The third-order valence-corrected chi connectivity index (χ3v) is 7.95. The number of hydrogen-bond donors (Lipinski definition) is 1. The van der Waals surface area contributed by atoms with Gasteiger partial charge < -0.3 is 14.8 Å². The van der Waals surface area contributed by atoms with E-state index in [1.165, 1.54) is 11.3 Å². The normalized spacial score (nSPS) is 15.5. The number of aromatic nitrogens is 3. The monoisotopic (exact) mass is 512 g/mol. The molecule has 0 radical (unpaired) electrons. The van der Waals surface area contributed by atoms with Crippen molar-refractivity contribution in [2.45, 2.75) is 31.7 Å². The third-order valence-electron chi connectivity index (χ3n) is 7.95. The van der Waals surface area contributed by atoms with Gasteiger partial charge in [0.05, 0.1) is 5.69 Å². The molecule has 0 bridgehead atoms. The van der Waals surface area contributed by atoms with Crippen LogP contribution in [-0.2, 0) is 7.05 Å². The molecule has 1 aromatic carbocycles. The number of rotatable bonds is 6. The zero-order valence-electron chi connectivity index (χ0n) is 22.8. The van der Waals surface area contributed by atoms with Crippen molar-refractivity contribution in [3.05, 3.63) is 88.1 Å². The summed E-state index contributed by atoms with van der Waals surface area (Å²) in [6.07, 6.45) is 5.73. The van der Waals surface area contributed by atoms with Crippen molar-refractivity contribution in [1.82, 2.24) is 23.9 Å². The number of piperidine rings is 1. The fourth-order valence-corrected chi connectivity index (χ4v) is 5.63. The number of fused-ring (bicyclic) bond motifs is 1. The summed E-state index contributed by atoms with van der Waals surface area (Å²) in [5, 5.41) is 3.99. The maximum absolute atomic E-state index is 12.8. The minimum atomic E-state index is -0.0796. The number of likely N-dealkylation sites (tertiary alicyclic amines) is 1. The lowest BCUT2D eigenvalue weighted by Crippen LogP contribution is -2.35. The van der Waals surface area contributed by atoms with Crippen molar-refractivity contribution in [1.29, 1.82) is 0 Å². The number of benzene rings is 1. The molecule has 4 aromatic rings. The minimum absolute atomic E-state index is 0.0349. The minimum Gasteiger partial charge on any atom is -0.388 e. The molecule has 1 fully saturated rings. The molecule has 0 aliphatic carbocycles. The van der Waals surface area contributed by atoms with Crippen LogP contribution in [0.1, 0.15) is 53.3 Å². The molecule has 8 heteroatoms. The number of aryl methyl sites for hydroxylation is 1. The SMILES string of the molecule is CNc1ccn(-c2ccnc3c2cc(C(C)N2CCC(c4ccc(C(=O)N(C)C)cc4)CC2)n3C)c(=O)c1. The van der Waals surface area contributed by atoms with Crippen molar-refractivity contribution in [3.63, 3.8) is 0 Å². The van der Waals surface area contributed by atoms with E-state index in [4.69, 9.17) is 0 Å². The van der Waals surface area contributed by atoms with E-state index in [1.54, 1.807) is 35.8 Å². The lowest BCUT2D eigenvalue weighted by atomic mass is 9.88. The van der Waals surface area contributed by atoms with Gasteiger partial charge >= 0.3 is 0 Å². The lowest BCUT2D eigenvalue weighted by molar-refractivity contribution is 0.0827. The lowest BCUT2D eigenvalue weighted by Gasteiger charge is -2.36. The van der Waals surface area contributed by atoms with Gasteiger partial charge in [-0.1, -0.05) is 12.1 Å². The van der Waals surface area contributed by atoms with Gasteiger partial charge in [-0.05, 0) is 74.7 Å². The Bertz CT molecular complexity index is 1510. The Balaban J connectivity index is 1.34. The number of amides is 1. The van der Waals surface area contributed by atoms with Crippen LogP contribution in [0.5, 0.6) is 0 Å². The van der Waals surface area contributed by atoms with Gasteiger partial charge in [-0.2, -0.15) is 0 Å².